The molecule has 0 saturated carbocycles. The maximum atomic E-state index is 9.93. The predicted molar refractivity (Wildman–Crippen MR) is 80.3 cm³/mol. The highest BCUT2D eigenvalue weighted by atomic mass is 79.9. The van der Waals surface area contributed by atoms with E-state index in [1.165, 1.54) is 0 Å². The molecule has 0 heterocycles. The van der Waals surface area contributed by atoms with Crippen LogP contribution in [0.25, 0.3) is 0 Å². The van der Waals surface area contributed by atoms with Crippen LogP contribution in [0.4, 0.5) is 0 Å². The van der Waals surface area contributed by atoms with Gasteiger partial charge < -0.3 is 14.6 Å². The summed E-state index contributed by atoms with van der Waals surface area (Å²) in [5.41, 5.74) is 0. The molecule has 4 heteroatoms. The van der Waals surface area contributed by atoms with E-state index < -0.39 is 12.4 Å². The normalized spacial score (nSPS) is 14.1. The lowest BCUT2D eigenvalue weighted by atomic mass is 10.2. The second kappa shape index (κ2) is 9.34. The van der Waals surface area contributed by atoms with Crippen molar-refractivity contribution in [3.05, 3.63) is 28.7 Å². The van der Waals surface area contributed by atoms with Crippen LogP contribution in [0.15, 0.2) is 28.7 Å². The van der Waals surface area contributed by atoms with Crippen molar-refractivity contribution in [3.63, 3.8) is 0 Å². The third-order valence-electron chi connectivity index (χ3n) is 2.83. The Bertz CT molecular complexity index is 340. The Morgan fingerprint density at radius 1 is 1.16 bits per heavy atom. The highest BCUT2D eigenvalue weighted by Gasteiger charge is 2.20. The summed E-state index contributed by atoms with van der Waals surface area (Å²) in [6.45, 7) is 4.68. The van der Waals surface area contributed by atoms with Gasteiger partial charge in [-0.2, -0.15) is 0 Å². The lowest BCUT2D eigenvalue weighted by Crippen LogP contribution is -2.34. The van der Waals surface area contributed by atoms with E-state index in [4.69, 9.17) is 9.47 Å². The van der Waals surface area contributed by atoms with E-state index in [2.05, 4.69) is 22.9 Å². The smallest absolute Gasteiger partial charge is 0.226 e. The number of hydrogen-bond acceptors (Lipinski definition) is 3. The minimum absolute atomic E-state index is 0.594. The van der Waals surface area contributed by atoms with Crippen LogP contribution in [0, 0.1) is 0 Å². The van der Waals surface area contributed by atoms with Crippen LogP contribution in [0.2, 0.25) is 0 Å². The molecule has 19 heavy (non-hydrogen) atoms. The average molecular weight is 331 g/mol. The second-order valence-corrected chi connectivity index (χ2v) is 5.41. The van der Waals surface area contributed by atoms with Crippen LogP contribution < -0.4 is 4.74 Å². The lowest BCUT2D eigenvalue weighted by Gasteiger charge is -2.23. The largest absolute Gasteiger partial charge is 0.462 e. The van der Waals surface area contributed by atoms with E-state index in [9.17, 15) is 5.11 Å². The van der Waals surface area contributed by atoms with E-state index in [-0.39, 0.29) is 0 Å². The number of hydrogen-bond donors (Lipinski definition) is 1. The zero-order valence-corrected chi connectivity index (χ0v) is 13.2. The first-order chi connectivity index (χ1) is 9.17. The van der Waals surface area contributed by atoms with Crippen molar-refractivity contribution in [2.45, 2.75) is 51.9 Å². The highest BCUT2D eigenvalue weighted by molar-refractivity contribution is 9.10. The van der Waals surface area contributed by atoms with Gasteiger partial charge in [0.15, 0.2) is 0 Å². The van der Waals surface area contributed by atoms with Crippen molar-refractivity contribution in [2.75, 3.05) is 6.61 Å². The van der Waals surface area contributed by atoms with Crippen LogP contribution >= 0.6 is 15.9 Å². The maximum Gasteiger partial charge on any atom is 0.226 e. The van der Waals surface area contributed by atoms with Gasteiger partial charge in [0.1, 0.15) is 11.9 Å². The van der Waals surface area contributed by atoms with Crippen molar-refractivity contribution in [2.24, 2.45) is 0 Å². The lowest BCUT2D eigenvalue weighted by molar-refractivity contribution is -0.146. The van der Waals surface area contributed by atoms with Gasteiger partial charge in [0.25, 0.3) is 0 Å². The summed E-state index contributed by atoms with van der Waals surface area (Å²) in [5.74, 6) is 0.705. The maximum absolute atomic E-state index is 9.93. The standard InChI is InChI=1S/C15H23BrO3/c1-3-5-6-11-18-15(14(17)4-2)19-13-9-7-12(16)8-10-13/h7-10,14-15,17H,3-6,11H2,1-2H3/t14-,15?/m0/s1. The number of aliphatic hydroxyl groups excluding tert-OH is 1. The average Bonchev–Trinajstić information content (AvgIpc) is 2.43. The highest BCUT2D eigenvalue weighted by Crippen LogP contribution is 2.19. The molecule has 0 aliphatic heterocycles. The van der Waals surface area contributed by atoms with Crippen molar-refractivity contribution >= 4 is 15.9 Å². The van der Waals surface area contributed by atoms with Gasteiger partial charge in [-0.05, 0) is 37.1 Å². The van der Waals surface area contributed by atoms with Gasteiger partial charge in [-0.1, -0.05) is 42.6 Å². The molecule has 1 aromatic carbocycles. The number of rotatable bonds is 9. The van der Waals surface area contributed by atoms with E-state index in [0.717, 1.165) is 23.7 Å². The van der Waals surface area contributed by atoms with E-state index in [0.29, 0.717) is 18.8 Å². The number of aliphatic hydroxyl groups is 1. The van der Waals surface area contributed by atoms with Gasteiger partial charge in [0.2, 0.25) is 6.29 Å². The molecule has 0 aliphatic rings. The van der Waals surface area contributed by atoms with Gasteiger partial charge in [0, 0.05) is 4.47 Å². The van der Waals surface area contributed by atoms with E-state index in [1.807, 2.05) is 31.2 Å². The van der Waals surface area contributed by atoms with Gasteiger partial charge in [-0.25, -0.2) is 0 Å². The molecule has 2 atom stereocenters. The summed E-state index contributed by atoms with van der Waals surface area (Å²) in [7, 11) is 0. The van der Waals surface area contributed by atoms with E-state index >= 15 is 0 Å². The minimum Gasteiger partial charge on any atom is -0.462 e. The van der Waals surface area contributed by atoms with Crippen LogP contribution in [-0.2, 0) is 4.74 Å². The quantitative estimate of drug-likeness (QED) is 0.546. The van der Waals surface area contributed by atoms with Gasteiger partial charge in [-0.3, -0.25) is 0 Å². The first kappa shape index (κ1) is 16.5. The van der Waals surface area contributed by atoms with E-state index in [1.54, 1.807) is 0 Å². The van der Waals surface area contributed by atoms with Crippen molar-refractivity contribution in [1.82, 2.24) is 0 Å². The summed E-state index contributed by atoms with van der Waals surface area (Å²) >= 11 is 3.38. The van der Waals surface area contributed by atoms with Crippen molar-refractivity contribution in [3.8, 4) is 5.75 Å². The zero-order chi connectivity index (χ0) is 14.1. The Balaban J connectivity index is 2.51. The van der Waals surface area contributed by atoms with Crippen LogP contribution in [0.3, 0.4) is 0 Å². The fourth-order valence-electron chi connectivity index (χ4n) is 1.61. The van der Waals surface area contributed by atoms with Crippen LogP contribution in [0.1, 0.15) is 39.5 Å². The molecule has 0 aromatic heterocycles. The first-order valence-corrected chi connectivity index (χ1v) is 7.68. The summed E-state index contributed by atoms with van der Waals surface area (Å²) in [6.07, 6.45) is 2.68. The number of benzene rings is 1. The molecular formula is C15H23BrO3. The van der Waals surface area contributed by atoms with Gasteiger partial charge in [-0.15, -0.1) is 0 Å². The molecule has 0 saturated heterocycles. The molecule has 3 nitrogen and oxygen atoms in total. The molecule has 1 N–H and O–H groups in total. The molecule has 0 radical (unpaired) electrons. The van der Waals surface area contributed by atoms with Crippen LogP contribution in [-0.4, -0.2) is 24.1 Å². The summed E-state index contributed by atoms with van der Waals surface area (Å²) < 4.78 is 12.4. The molecule has 108 valence electrons. The molecule has 1 unspecified atom stereocenters. The predicted octanol–water partition coefficient (Wildman–Crippen LogP) is 4.13. The Hall–Kier alpha value is -0.580. The minimum atomic E-state index is -0.606. The monoisotopic (exact) mass is 330 g/mol. The fraction of sp³-hybridized carbons (Fsp3) is 0.600. The molecule has 0 spiro atoms. The Morgan fingerprint density at radius 2 is 1.84 bits per heavy atom. The molecule has 0 bridgehead atoms. The number of ether oxygens (including phenoxy) is 2. The Morgan fingerprint density at radius 3 is 2.42 bits per heavy atom. The third-order valence-corrected chi connectivity index (χ3v) is 3.36. The Labute approximate surface area is 124 Å². The van der Waals surface area contributed by atoms with Crippen molar-refractivity contribution in [1.29, 1.82) is 0 Å². The molecular weight excluding hydrogens is 308 g/mol. The molecule has 0 aliphatic carbocycles. The molecule has 1 rings (SSSR count). The molecule has 0 fully saturated rings. The number of unbranched alkanes of at least 4 members (excludes halogenated alkanes) is 2. The van der Waals surface area contributed by atoms with Crippen LogP contribution in [0.5, 0.6) is 5.75 Å². The SMILES string of the molecule is CCCCCOC(Oc1ccc(Br)cc1)[C@@H](O)CC. The summed E-state index contributed by atoms with van der Waals surface area (Å²) in [5, 5.41) is 9.93. The summed E-state index contributed by atoms with van der Waals surface area (Å²) in [6, 6.07) is 7.52. The Kier molecular flexibility index (Phi) is 8.10. The summed E-state index contributed by atoms with van der Waals surface area (Å²) in [4.78, 5) is 0. The second-order valence-electron chi connectivity index (χ2n) is 4.49. The fourth-order valence-corrected chi connectivity index (χ4v) is 1.88. The third kappa shape index (κ3) is 6.41. The molecule has 0 amide bonds. The van der Waals surface area contributed by atoms with Gasteiger partial charge in [0.05, 0.1) is 6.61 Å². The molecule has 1 aromatic rings. The number of halogens is 1. The topological polar surface area (TPSA) is 38.7 Å². The zero-order valence-electron chi connectivity index (χ0n) is 11.6. The van der Waals surface area contributed by atoms with Crippen molar-refractivity contribution < 1.29 is 14.6 Å². The first-order valence-electron chi connectivity index (χ1n) is 6.89. The van der Waals surface area contributed by atoms with Gasteiger partial charge >= 0.3 is 0 Å².